The number of nitrogens with zero attached hydrogens (tertiary/aromatic N) is 1. The minimum absolute atomic E-state index is 0.00740. The fraction of sp³-hybridized carbons (Fsp3) is 0.348. The van der Waals surface area contributed by atoms with Gasteiger partial charge in [-0.25, -0.2) is 13.4 Å². The van der Waals surface area contributed by atoms with Crippen LogP contribution in [0.25, 0.3) is 11.0 Å². The Morgan fingerprint density at radius 2 is 1.73 bits per heavy atom. The van der Waals surface area contributed by atoms with Gasteiger partial charge in [0, 0.05) is 12.6 Å². The number of benzene rings is 2. The fourth-order valence-corrected chi connectivity index (χ4v) is 4.59. The van der Waals surface area contributed by atoms with Crippen LogP contribution in [0.1, 0.15) is 46.0 Å². The number of para-hydroxylation sites is 2. The summed E-state index contributed by atoms with van der Waals surface area (Å²) in [5.41, 5.74) is 2.15. The summed E-state index contributed by atoms with van der Waals surface area (Å²) in [7, 11) is -3.94. The number of nitrogens with one attached hydrogen (secondary N) is 4. The topological polar surface area (TPSA) is 133 Å². The molecule has 1 aromatic heterocycles. The van der Waals surface area contributed by atoms with Crippen LogP contribution in [0, 0.1) is 5.92 Å². The molecule has 4 N–H and O–H groups in total. The lowest BCUT2D eigenvalue weighted by molar-refractivity contribution is -0.123. The molecular formula is C23H29N5O4S. The first-order valence-electron chi connectivity index (χ1n) is 10.8. The Morgan fingerprint density at radius 3 is 2.33 bits per heavy atom. The Hall–Kier alpha value is -3.24. The summed E-state index contributed by atoms with van der Waals surface area (Å²) in [5.74, 6) is -0.0179. The first kappa shape index (κ1) is 24.4. The maximum atomic E-state index is 12.9. The normalized spacial score (nSPS) is 14.4. The number of H-pyrrole nitrogens is 1. The molecule has 176 valence electrons. The van der Waals surface area contributed by atoms with Crippen LogP contribution in [-0.2, 0) is 19.6 Å². The minimum atomic E-state index is -3.94. The molecule has 2 amide bonds. The van der Waals surface area contributed by atoms with E-state index in [1.165, 1.54) is 38.1 Å². The molecule has 0 radical (unpaired) electrons. The van der Waals surface area contributed by atoms with Crippen molar-refractivity contribution in [3.8, 4) is 0 Å². The van der Waals surface area contributed by atoms with E-state index in [9.17, 15) is 18.0 Å². The summed E-state index contributed by atoms with van der Waals surface area (Å²) >= 11 is 0. The molecule has 9 nitrogen and oxygen atoms in total. The first-order valence-corrected chi connectivity index (χ1v) is 12.2. The van der Waals surface area contributed by atoms with Gasteiger partial charge < -0.3 is 15.6 Å². The third kappa shape index (κ3) is 5.96. The van der Waals surface area contributed by atoms with Gasteiger partial charge in [0.1, 0.15) is 5.82 Å². The monoisotopic (exact) mass is 471 g/mol. The van der Waals surface area contributed by atoms with Crippen molar-refractivity contribution in [3.63, 3.8) is 0 Å². The smallest absolute Gasteiger partial charge is 0.241 e. The zero-order chi connectivity index (χ0) is 24.2. The molecule has 0 aliphatic heterocycles. The van der Waals surface area contributed by atoms with E-state index in [4.69, 9.17) is 0 Å². The Labute approximate surface area is 193 Å². The summed E-state index contributed by atoms with van der Waals surface area (Å²) in [5, 5.41) is 5.52. The highest BCUT2D eigenvalue weighted by Gasteiger charge is 2.28. The van der Waals surface area contributed by atoms with Gasteiger partial charge in [-0.1, -0.05) is 32.4 Å². The van der Waals surface area contributed by atoms with Crippen molar-refractivity contribution in [2.75, 3.05) is 5.32 Å². The number of rotatable bonds is 9. The highest BCUT2D eigenvalue weighted by molar-refractivity contribution is 7.89. The largest absolute Gasteiger partial charge is 0.345 e. The molecule has 0 saturated heterocycles. The fourth-order valence-electron chi connectivity index (χ4n) is 3.39. The van der Waals surface area contributed by atoms with Crippen molar-refractivity contribution >= 4 is 38.6 Å². The second kappa shape index (κ2) is 10.1. The molecule has 0 spiro atoms. The maximum Gasteiger partial charge on any atom is 0.241 e. The SMILES string of the molecule is CCC(C)C(NC(=O)[C@H](C)NS(=O)(=O)c1ccc(NC(C)=O)cc1)c1nc2ccccc2[nH]1. The summed E-state index contributed by atoms with van der Waals surface area (Å²) in [4.78, 5) is 31.9. The van der Waals surface area contributed by atoms with Gasteiger partial charge in [0.25, 0.3) is 0 Å². The van der Waals surface area contributed by atoms with Gasteiger partial charge in [-0.3, -0.25) is 9.59 Å². The molecule has 0 bridgehead atoms. The zero-order valence-corrected chi connectivity index (χ0v) is 19.9. The number of hydrogen-bond donors (Lipinski definition) is 4. The van der Waals surface area contributed by atoms with Gasteiger partial charge >= 0.3 is 0 Å². The molecule has 0 aliphatic rings. The van der Waals surface area contributed by atoms with Crippen molar-refractivity contribution in [3.05, 3.63) is 54.4 Å². The van der Waals surface area contributed by atoms with E-state index < -0.39 is 28.0 Å². The lowest BCUT2D eigenvalue weighted by Crippen LogP contribution is -2.47. The molecule has 0 fully saturated rings. The minimum Gasteiger partial charge on any atom is -0.345 e. The number of sulfonamides is 1. The van der Waals surface area contributed by atoms with Crippen LogP contribution in [0.4, 0.5) is 5.69 Å². The average Bonchev–Trinajstić information content (AvgIpc) is 3.20. The van der Waals surface area contributed by atoms with Crippen molar-refractivity contribution in [2.24, 2.45) is 5.92 Å². The summed E-state index contributed by atoms with van der Waals surface area (Å²) in [6.45, 7) is 6.88. The molecule has 3 atom stereocenters. The molecule has 2 unspecified atom stereocenters. The number of fused-ring (bicyclic) bond motifs is 1. The molecule has 0 aliphatic carbocycles. The predicted molar refractivity (Wildman–Crippen MR) is 127 cm³/mol. The van der Waals surface area contributed by atoms with Crippen molar-refractivity contribution < 1.29 is 18.0 Å². The molecule has 3 rings (SSSR count). The highest BCUT2D eigenvalue weighted by atomic mass is 32.2. The number of carbonyl (C=O) groups excluding carboxylic acids is 2. The lowest BCUT2D eigenvalue weighted by atomic mass is 9.98. The number of imidazole rings is 1. The number of aromatic amines is 1. The van der Waals surface area contributed by atoms with E-state index in [1.807, 2.05) is 38.1 Å². The number of anilines is 1. The quantitative estimate of drug-likeness (QED) is 0.381. The van der Waals surface area contributed by atoms with E-state index in [0.29, 0.717) is 11.5 Å². The van der Waals surface area contributed by atoms with E-state index in [1.54, 1.807) is 0 Å². The maximum absolute atomic E-state index is 12.9. The molecule has 3 aromatic rings. The van der Waals surface area contributed by atoms with Crippen LogP contribution >= 0.6 is 0 Å². The standard InChI is InChI=1S/C23H29N5O4S/c1-5-14(2)21(22-25-19-8-6-7-9-20(19)26-22)27-23(30)15(3)28-33(31,32)18-12-10-17(11-13-18)24-16(4)29/h6-15,21,28H,5H2,1-4H3,(H,24,29)(H,25,26)(H,27,30)/t14?,15-,21?/m0/s1. The van der Waals surface area contributed by atoms with Gasteiger partial charge in [-0.2, -0.15) is 4.72 Å². The second-order valence-corrected chi connectivity index (χ2v) is 9.77. The van der Waals surface area contributed by atoms with Crippen molar-refractivity contribution in [2.45, 2.75) is 51.1 Å². The van der Waals surface area contributed by atoms with Crippen molar-refractivity contribution in [1.82, 2.24) is 20.0 Å². The van der Waals surface area contributed by atoms with Crippen LogP contribution in [-0.4, -0.2) is 36.2 Å². The number of hydrogen-bond acceptors (Lipinski definition) is 5. The Kier molecular flexibility index (Phi) is 7.50. The molecule has 2 aromatic carbocycles. The third-order valence-electron chi connectivity index (χ3n) is 5.42. The average molecular weight is 472 g/mol. The zero-order valence-electron chi connectivity index (χ0n) is 19.0. The highest BCUT2D eigenvalue weighted by Crippen LogP contribution is 2.25. The molecular weight excluding hydrogens is 442 g/mol. The summed E-state index contributed by atoms with van der Waals surface area (Å²) in [6, 6.07) is 11.9. The number of carbonyl (C=O) groups is 2. The Balaban J connectivity index is 1.73. The second-order valence-electron chi connectivity index (χ2n) is 8.06. The van der Waals surface area contributed by atoms with E-state index in [-0.39, 0.29) is 16.7 Å². The van der Waals surface area contributed by atoms with Gasteiger partial charge in [-0.05, 0) is 49.2 Å². The van der Waals surface area contributed by atoms with E-state index in [0.717, 1.165) is 17.5 Å². The van der Waals surface area contributed by atoms with Crippen LogP contribution in [0.5, 0.6) is 0 Å². The Bertz CT molecular complexity index is 1200. The predicted octanol–water partition coefficient (Wildman–Crippen LogP) is 3.09. The van der Waals surface area contributed by atoms with Gasteiger partial charge in [0.2, 0.25) is 21.8 Å². The van der Waals surface area contributed by atoms with Gasteiger partial charge in [0.15, 0.2) is 0 Å². The number of aromatic nitrogens is 2. The molecule has 1 heterocycles. The van der Waals surface area contributed by atoms with Crippen LogP contribution in [0.2, 0.25) is 0 Å². The van der Waals surface area contributed by atoms with Gasteiger partial charge in [-0.15, -0.1) is 0 Å². The first-order chi connectivity index (χ1) is 15.6. The van der Waals surface area contributed by atoms with Crippen LogP contribution in [0.15, 0.2) is 53.4 Å². The van der Waals surface area contributed by atoms with Gasteiger partial charge in [0.05, 0.1) is 28.0 Å². The molecule has 0 saturated carbocycles. The summed E-state index contributed by atoms with van der Waals surface area (Å²) in [6.07, 6.45) is 0.794. The van der Waals surface area contributed by atoms with Crippen LogP contribution in [0.3, 0.4) is 0 Å². The molecule has 33 heavy (non-hydrogen) atoms. The lowest BCUT2D eigenvalue weighted by Gasteiger charge is -2.24. The summed E-state index contributed by atoms with van der Waals surface area (Å²) < 4.78 is 27.9. The van der Waals surface area contributed by atoms with Crippen LogP contribution < -0.4 is 15.4 Å². The van der Waals surface area contributed by atoms with Crippen molar-refractivity contribution in [1.29, 1.82) is 0 Å². The van der Waals surface area contributed by atoms with E-state index in [2.05, 4.69) is 25.3 Å². The Morgan fingerprint density at radius 1 is 1.06 bits per heavy atom. The number of amides is 2. The third-order valence-corrected chi connectivity index (χ3v) is 6.98. The molecule has 10 heteroatoms. The van der Waals surface area contributed by atoms with E-state index >= 15 is 0 Å².